The fraction of sp³-hybridized carbons (Fsp3) is 0. The molecule has 221 valence electrons. The predicted molar refractivity (Wildman–Crippen MR) is 167 cm³/mol. The van der Waals surface area contributed by atoms with Crippen LogP contribution < -0.4 is 5.14 Å². The Morgan fingerprint density at radius 3 is 1.31 bits per heavy atom. The van der Waals surface area contributed by atoms with E-state index in [0.29, 0.717) is 51.0 Å². The largest absolute Gasteiger partial charge is 0.324 e. The number of sulfonamides is 1. The Balaban J connectivity index is 0.00000300. The van der Waals surface area contributed by atoms with Crippen molar-refractivity contribution in [3.8, 4) is 45.6 Å². The molecule has 4 N–H and O–H groups in total. The number of fused-ring (bicyclic) bond motifs is 20. The molecule has 45 heavy (non-hydrogen) atoms. The molecule has 0 spiro atoms. The second-order valence-electron chi connectivity index (χ2n) is 10.5. The molecular formula is C32H19CuN9O2S. The normalized spacial score (nSPS) is 12.1. The van der Waals surface area contributed by atoms with E-state index in [1.807, 2.05) is 72.8 Å². The quantitative estimate of drug-likeness (QED) is 0.194. The van der Waals surface area contributed by atoms with Gasteiger partial charge in [0.2, 0.25) is 10.0 Å². The van der Waals surface area contributed by atoms with Gasteiger partial charge in [-0.1, -0.05) is 84.9 Å². The zero-order chi connectivity index (χ0) is 29.6. The summed E-state index contributed by atoms with van der Waals surface area (Å²) in [6.45, 7) is 0. The molecule has 0 fully saturated rings. The van der Waals surface area contributed by atoms with Crippen LogP contribution in [-0.2, 0) is 27.1 Å². The van der Waals surface area contributed by atoms with E-state index in [-0.39, 0.29) is 27.6 Å². The first-order valence-corrected chi connectivity index (χ1v) is 15.2. The number of H-pyrrole nitrogens is 2. The van der Waals surface area contributed by atoms with Crippen molar-refractivity contribution in [2.45, 2.75) is 4.90 Å². The van der Waals surface area contributed by atoms with Gasteiger partial charge in [0.25, 0.3) is 0 Å². The van der Waals surface area contributed by atoms with E-state index in [1.54, 1.807) is 12.1 Å². The van der Waals surface area contributed by atoms with Crippen LogP contribution in [0.15, 0.2) is 95.9 Å². The minimum Gasteiger partial charge on any atom is -0.324 e. The number of nitrogens with two attached hydrogens (primary N) is 1. The van der Waals surface area contributed by atoms with Crippen molar-refractivity contribution in [2.75, 3.05) is 0 Å². The summed E-state index contributed by atoms with van der Waals surface area (Å²) in [5.74, 6) is 1.72. The molecule has 2 aliphatic heterocycles. The van der Waals surface area contributed by atoms with Crippen LogP contribution in [0.1, 0.15) is 0 Å². The Labute approximate surface area is 265 Å². The second-order valence-corrected chi connectivity index (χ2v) is 12.0. The maximum Gasteiger partial charge on any atom is 0.238 e. The smallest absolute Gasteiger partial charge is 0.238 e. The van der Waals surface area contributed by atoms with Gasteiger partial charge in [-0.15, -0.1) is 0 Å². The van der Waals surface area contributed by atoms with Crippen molar-refractivity contribution in [1.29, 1.82) is 0 Å². The van der Waals surface area contributed by atoms with Crippen LogP contribution in [0.5, 0.6) is 0 Å². The fourth-order valence-electron chi connectivity index (χ4n) is 5.90. The molecule has 5 heterocycles. The Morgan fingerprint density at radius 1 is 0.467 bits per heavy atom. The molecule has 0 saturated carbocycles. The summed E-state index contributed by atoms with van der Waals surface area (Å²) in [6, 6.07) is 28.0. The third-order valence-electron chi connectivity index (χ3n) is 7.85. The Bertz CT molecular complexity index is 2660. The molecule has 9 rings (SSSR count). The standard InChI is InChI=1S/C32H19N9O2S.Cu/c33-44(42,43)23-15-7-14-22-24(23)32-40-30-21-13-6-5-12-20(21)28(38-30)36-26-17-9-2-1-8-16(17)25(34-26)35-27-18-10-3-4-11-19(18)29(37-27)39-31(22)41-32;/h1-15H,(H2,33,42,43)(H2,34,35,36,37,38,39,40,41);. The van der Waals surface area contributed by atoms with E-state index in [1.165, 1.54) is 6.07 Å². The summed E-state index contributed by atoms with van der Waals surface area (Å²) >= 11 is 0. The summed E-state index contributed by atoms with van der Waals surface area (Å²) in [5, 5.41) is 8.26. The Morgan fingerprint density at radius 2 is 0.844 bits per heavy atom. The number of hydrogen-bond acceptors (Lipinski definition) is 8. The van der Waals surface area contributed by atoms with Crippen molar-refractivity contribution in [2.24, 2.45) is 5.14 Å². The first kappa shape index (κ1) is 27.2. The predicted octanol–water partition coefficient (Wildman–Crippen LogP) is 5.51. The van der Waals surface area contributed by atoms with Gasteiger partial charge in [0.15, 0.2) is 23.3 Å². The summed E-state index contributed by atoms with van der Waals surface area (Å²) in [6.07, 6.45) is 0. The minimum atomic E-state index is -4.12. The molecule has 0 unspecified atom stereocenters. The molecule has 4 aromatic carbocycles. The van der Waals surface area contributed by atoms with Gasteiger partial charge in [0.05, 0.1) is 4.90 Å². The van der Waals surface area contributed by atoms with Gasteiger partial charge >= 0.3 is 0 Å². The van der Waals surface area contributed by atoms with Gasteiger partial charge < -0.3 is 9.97 Å². The van der Waals surface area contributed by atoms with E-state index >= 15 is 0 Å². The van der Waals surface area contributed by atoms with Crippen molar-refractivity contribution < 1.29 is 25.5 Å². The average molecular weight is 657 g/mol. The van der Waals surface area contributed by atoms with Crippen LogP contribution in [0.25, 0.3) is 89.7 Å². The third-order valence-corrected chi connectivity index (χ3v) is 8.80. The van der Waals surface area contributed by atoms with Crippen molar-refractivity contribution in [3.05, 3.63) is 91.0 Å². The molecule has 0 aliphatic carbocycles. The first-order chi connectivity index (χ1) is 21.4. The second kappa shape index (κ2) is 9.84. The maximum absolute atomic E-state index is 12.7. The molecule has 1 radical (unpaired) electrons. The molecule has 2 aliphatic rings. The van der Waals surface area contributed by atoms with Crippen LogP contribution in [0, 0.1) is 0 Å². The topological polar surface area (TPSA) is 169 Å². The molecular weight excluding hydrogens is 638 g/mol. The number of primary sulfonamides is 1. The zero-order valence-corrected chi connectivity index (χ0v) is 24.7. The molecule has 7 aromatic rings. The molecule has 11 nitrogen and oxygen atoms in total. The van der Waals surface area contributed by atoms with Crippen LogP contribution in [0.2, 0.25) is 0 Å². The van der Waals surface area contributed by atoms with Crippen LogP contribution in [0.3, 0.4) is 0 Å². The van der Waals surface area contributed by atoms with Crippen molar-refractivity contribution in [3.63, 3.8) is 0 Å². The van der Waals surface area contributed by atoms with E-state index in [4.69, 9.17) is 35.0 Å². The number of hydrogen-bond donors (Lipinski definition) is 3. The van der Waals surface area contributed by atoms with Gasteiger partial charge in [-0.3, -0.25) is 0 Å². The van der Waals surface area contributed by atoms with Gasteiger partial charge in [0.1, 0.15) is 22.6 Å². The number of rotatable bonds is 1. The zero-order valence-electron chi connectivity index (χ0n) is 22.9. The summed E-state index contributed by atoms with van der Waals surface area (Å²) in [4.78, 5) is 35.9. The van der Waals surface area contributed by atoms with E-state index in [0.717, 1.165) is 33.0 Å². The van der Waals surface area contributed by atoms with Gasteiger partial charge in [0, 0.05) is 60.9 Å². The van der Waals surface area contributed by atoms with Crippen molar-refractivity contribution in [1.82, 2.24) is 39.9 Å². The Hall–Kier alpha value is -5.33. The number of aromatic nitrogens is 8. The number of nitrogens with one attached hydrogen (secondary N) is 2. The SMILES string of the molecule is NS(=O)(=O)c1cccc2c3nc4nc(nc5[nH]c(nc6nc(nc([nH]3)c12)-c1ccccc1-6)c1ccccc51)-c1ccccc1-4.[Cu]. The maximum atomic E-state index is 12.7. The number of nitrogens with zero attached hydrogens (tertiary/aromatic N) is 6. The molecule has 0 saturated heterocycles. The van der Waals surface area contributed by atoms with Crippen LogP contribution in [0.4, 0.5) is 0 Å². The average Bonchev–Trinajstić information content (AvgIpc) is 3.76. The van der Waals surface area contributed by atoms with E-state index in [9.17, 15) is 8.42 Å². The molecule has 0 atom stereocenters. The number of aromatic amines is 2. The fourth-order valence-corrected chi connectivity index (χ4v) is 6.65. The summed E-state index contributed by atoms with van der Waals surface area (Å²) in [5.41, 5.74) is 4.95. The monoisotopic (exact) mass is 656 g/mol. The van der Waals surface area contributed by atoms with E-state index < -0.39 is 10.0 Å². The molecule has 3 aromatic heterocycles. The van der Waals surface area contributed by atoms with E-state index in [2.05, 4.69) is 9.97 Å². The van der Waals surface area contributed by atoms with Crippen molar-refractivity contribution >= 4 is 54.2 Å². The summed E-state index contributed by atoms with van der Waals surface area (Å²) in [7, 11) is -4.12. The molecule has 13 heteroatoms. The third kappa shape index (κ3) is 4.17. The molecule has 8 bridgehead atoms. The van der Waals surface area contributed by atoms with Crippen LogP contribution in [-0.4, -0.2) is 48.3 Å². The Kier molecular flexibility index (Phi) is 5.96. The summed E-state index contributed by atoms with van der Waals surface area (Å²) < 4.78 is 25.5. The van der Waals surface area contributed by atoms with Crippen LogP contribution >= 0.6 is 0 Å². The first-order valence-electron chi connectivity index (χ1n) is 13.7. The van der Waals surface area contributed by atoms with Gasteiger partial charge in [-0.05, 0) is 6.07 Å². The minimum absolute atomic E-state index is 0. The van der Waals surface area contributed by atoms with Gasteiger partial charge in [-0.2, -0.15) is 0 Å². The van der Waals surface area contributed by atoms with Gasteiger partial charge in [-0.25, -0.2) is 43.5 Å². The number of benzene rings is 4. The molecule has 0 amide bonds.